The van der Waals surface area contributed by atoms with E-state index in [-0.39, 0.29) is 6.23 Å². The number of hydrogen-bond acceptors (Lipinski definition) is 3. The van der Waals surface area contributed by atoms with Gasteiger partial charge in [-0.25, -0.2) is 16.2 Å². The maximum absolute atomic E-state index is 7.48. The van der Waals surface area contributed by atoms with Crippen molar-refractivity contribution in [2.75, 3.05) is 6.61 Å². The van der Waals surface area contributed by atoms with Gasteiger partial charge in [0.15, 0.2) is 12.1 Å². The number of para-hydroxylation sites is 2. The lowest BCUT2D eigenvalue weighted by molar-refractivity contribution is -0.0365. The highest BCUT2D eigenvalue weighted by atomic mass is 16.5. The van der Waals surface area contributed by atoms with Gasteiger partial charge in [-0.1, -0.05) is 42.5 Å². The quantitative estimate of drug-likeness (QED) is 0.290. The molecule has 0 radical (unpaired) electrons. The van der Waals surface area contributed by atoms with Gasteiger partial charge in [-0.05, 0) is 54.7 Å². The van der Waals surface area contributed by atoms with Gasteiger partial charge < -0.3 is 14.6 Å². The molecule has 6 nitrogen and oxygen atoms in total. The molecule has 3 aromatic carbocycles. The predicted molar refractivity (Wildman–Crippen MR) is 139 cm³/mol. The lowest BCUT2D eigenvalue weighted by Gasteiger charge is -2.23. The van der Waals surface area contributed by atoms with Crippen LogP contribution in [0.4, 0.5) is 0 Å². The van der Waals surface area contributed by atoms with Crippen LogP contribution in [0, 0.1) is 6.57 Å². The van der Waals surface area contributed by atoms with Crippen molar-refractivity contribution in [2.24, 2.45) is 0 Å². The molecule has 1 aliphatic heterocycles. The molecule has 0 bridgehead atoms. The Morgan fingerprint density at radius 3 is 2.57 bits per heavy atom. The van der Waals surface area contributed by atoms with Crippen LogP contribution in [0.5, 0.6) is 0 Å². The monoisotopic (exact) mass is 461 g/mol. The van der Waals surface area contributed by atoms with Gasteiger partial charge >= 0.3 is 0 Å². The predicted octanol–water partition coefficient (Wildman–Crippen LogP) is 7.10. The van der Waals surface area contributed by atoms with Gasteiger partial charge in [0, 0.05) is 31.4 Å². The summed E-state index contributed by atoms with van der Waals surface area (Å²) in [5.41, 5.74) is 6.49. The third-order valence-corrected chi connectivity index (χ3v) is 6.95. The van der Waals surface area contributed by atoms with Crippen LogP contribution in [0.1, 0.15) is 44.9 Å². The molecule has 0 spiro atoms. The summed E-state index contributed by atoms with van der Waals surface area (Å²) in [5.74, 6) is 0.761. The number of nitrogens with one attached hydrogen (secondary N) is 1. The lowest BCUT2D eigenvalue weighted by atomic mass is 9.93. The Labute approximate surface area is 204 Å². The highest BCUT2D eigenvalue weighted by molar-refractivity contribution is 5.96. The standard InChI is InChI=1S/C29H27N5O/c1-29(2,30-3)21-14-11-19(12-15-21)20-13-16-25-22(18-20)27(33-34(25)26-10-6-7-17-35-26)28-31-23-8-4-5-9-24(23)32-28/h4-5,8-9,11-16,18,26H,6-7,10,17H2,1-2H3,(H,31,32). The fraction of sp³-hybridized carbons (Fsp3) is 0.276. The van der Waals surface area contributed by atoms with E-state index >= 15 is 0 Å². The largest absolute Gasteiger partial charge is 0.356 e. The van der Waals surface area contributed by atoms with E-state index in [1.54, 1.807) is 0 Å². The molecule has 1 saturated heterocycles. The molecule has 0 amide bonds. The van der Waals surface area contributed by atoms with Gasteiger partial charge in [0.25, 0.3) is 5.54 Å². The molecule has 6 heteroatoms. The van der Waals surface area contributed by atoms with E-state index in [4.69, 9.17) is 21.4 Å². The van der Waals surface area contributed by atoms with Crippen molar-refractivity contribution in [2.45, 2.75) is 44.9 Å². The van der Waals surface area contributed by atoms with Crippen molar-refractivity contribution in [3.05, 3.63) is 83.7 Å². The zero-order valence-corrected chi connectivity index (χ0v) is 20.0. The molecule has 1 atom stereocenters. The molecule has 0 aliphatic carbocycles. The summed E-state index contributed by atoms with van der Waals surface area (Å²) in [6.07, 6.45) is 3.12. The molecule has 1 aliphatic rings. The van der Waals surface area contributed by atoms with Crippen molar-refractivity contribution < 1.29 is 4.74 Å². The van der Waals surface area contributed by atoms with Gasteiger partial charge in [-0.15, -0.1) is 0 Å². The van der Waals surface area contributed by atoms with Crippen LogP contribution in [-0.2, 0) is 10.3 Å². The van der Waals surface area contributed by atoms with E-state index < -0.39 is 5.54 Å². The number of imidazole rings is 1. The van der Waals surface area contributed by atoms with Gasteiger partial charge in [0.1, 0.15) is 5.69 Å². The van der Waals surface area contributed by atoms with Crippen LogP contribution >= 0.6 is 0 Å². The molecule has 5 aromatic rings. The van der Waals surface area contributed by atoms with E-state index in [2.05, 4.69) is 52.3 Å². The molecular weight excluding hydrogens is 434 g/mol. The Kier molecular flexibility index (Phi) is 5.16. The van der Waals surface area contributed by atoms with Gasteiger partial charge in [-0.3, -0.25) is 0 Å². The summed E-state index contributed by atoms with van der Waals surface area (Å²) in [6, 6.07) is 22.8. The van der Waals surface area contributed by atoms with Crippen molar-refractivity contribution in [3.8, 4) is 22.6 Å². The number of aromatic nitrogens is 4. The van der Waals surface area contributed by atoms with Crippen LogP contribution in [0.15, 0.2) is 66.7 Å². The maximum Gasteiger partial charge on any atom is 0.252 e. The number of fused-ring (bicyclic) bond motifs is 2. The number of rotatable bonds is 4. The molecule has 1 N–H and O–H groups in total. The second-order valence-corrected chi connectivity index (χ2v) is 9.70. The molecule has 3 heterocycles. The first-order chi connectivity index (χ1) is 17.0. The van der Waals surface area contributed by atoms with Crippen LogP contribution in [0.2, 0.25) is 0 Å². The van der Waals surface area contributed by atoms with Gasteiger partial charge in [0.2, 0.25) is 0 Å². The Balaban J connectivity index is 1.49. The third-order valence-electron chi connectivity index (χ3n) is 6.95. The highest BCUT2D eigenvalue weighted by Crippen LogP contribution is 2.36. The number of aromatic amines is 1. The van der Waals surface area contributed by atoms with Crippen LogP contribution in [0.25, 0.3) is 49.4 Å². The van der Waals surface area contributed by atoms with Gasteiger partial charge in [-0.2, -0.15) is 5.10 Å². The summed E-state index contributed by atoms with van der Waals surface area (Å²) >= 11 is 0. The normalized spacial score (nSPS) is 16.5. The molecule has 2 aromatic heterocycles. The summed E-state index contributed by atoms with van der Waals surface area (Å²) in [5, 5.41) is 6.08. The van der Waals surface area contributed by atoms with E-state index in [0.717, 1.165) is 76.0 Å². The van der Waals surface area contributed by atoms with Crippen LogP contribution < -0.4 is 0 Å². The van der Waals surface area contributed by atoms with Crippen molar-refractivity contribution >= 4 is 21.9 Å². The Hall–Kier alpha value is -3.95. The second-order valence-electron chi connectivity index (χ2n) is 9.70. The first kappa shape index (κ1) is 21.6. The molecule has 0 saturated carbocycles. The van der Waals surface area contributed by atoms with E-state index in [9.17, 15) is 0 Å². The van der Waals surface area contributed by atoms with E-state index in [1.165, 1.54) is 0 Å². The first-order valence-corrected chi connectivity index (χ1v) is 12.1. The fourth-order valence-corrected chi connectivity index (χ4v) is 4.83. The number of ether oxygens (including phenoxy) is 1. The minimum Gasteiger partial charge on any atom is -0.356 e. The lowest BCUT2D eigenvalue weighted by Crippen LogP contribution is -2.19. The topological polar surface area (TPSA) is 60.1 Å². The van der Waals surface area contributed by atoms with E-state index in [1.807, 2.05) is 42.8 Å². The molecule has 6 rings (SSSR count). The highest BCUT2D eigenvalue weighted by Gasteiger charge is 2.26. The van der Waals surface area contributed by atoms with Crippen LogP contribution in [-0.4, -0.2) is 26.4 Å². The summed E-state index contributed by atoms with van der Waals surface area (Å²) in [7, 11) is 0. The zero-order chi connectivity index (χ0) is 24.0. The van der Waals surface area contributed by atoms with E-state index in [0.29, 0.717) is 0 Å². The Morgan fingerprint density at radius 1 is 1.03 bits per heavy atom. The summed E-state index contributed by atoms with van der Waals surface area (Å²) in [4.78, 5) is 12.1. The number of H-pyrrole nitrogens is 1. The van der Waals surface area contributed by atoms with Crippen molar-refractivity contribution in [1.29, 1.82) is 0 Å². The number of benzene rings is 3. The molecule has 35 heavy (non-hydrogen) atoms. The smallest absolute Gasteiger partial charge is 0.252 e. The Bertz CT molecular complexity index is 1530. The van der Waals surface area contributed by atoms with Crippen molar-refractivity contribution in [1.82, 2.24) is 19.7 Å². The summed E-state index contributed by atoms with van der Waals surface area (Å²) in [6.45, 7) is 12.1. The SMILES string of the molecule is [C-]#[N+]C(C)(C)c1ccc(-c2ccc3c(c2)c(-c2nc4ccccc4[nH]2)nn3C2CCCCO2)cc1. The number of hydrogen-bond donors (Lipinski definition) is 1. The molecular formula is C29H27N5O. The number of nitrogens with zero attached hydrogens (tertiary/aromatic N) is 4. The van der Waals surface area contributed by atoms with Crippen LogP contribution in [0.3, 0.4) is 0 Å². The first-order valence-electron chi connectivity index (χ1n) is 12.1. The van der Waals surface area contributed by atoms with Crippen molar-refractivity contribution in [3.63, 3.8) is 0 Å². The maximum atomic E-state index is 7.48. The second kappa shape index (κ2) is 8.37. The summed E-state index contributed by atoms with van der Waals surface area (Å²) < 4.78 is 8.13. The Morgan fingerprint density at radius 2 is 1.83 bits per heavy atom. The average Bonchev–Trinajstić information content (AvgIpc) is 3.50. The zero-order valence-electron chi connectivity index (χ0n) is 20.0. The third kappa shape index (κ3) is 3.78. The molecule has 1 fully saturated rings. The average molecular weight is 462 g/mol. The minimum absolute atomic E-state index is 0.0645. The van der Waals surface area contributed by atoms with Gasteiger partial charge in [0.05, 0.1) is 16.6 Å². The fourth-order valence-electron chi connectivity index (χ4n) is 4.83. The molecule has 1 unspecified atom stereocenters. The molecule has 174 valence electrons. The minimum atomic E-state index is -0.530.